The number of primary amides is 2. The molecule has 69 heavy (non-hydrogen) atoms. The minimum Gasteiger partial charge on any atom is -0.494 e. The van der Waals surface area contributed by atoms with Gasteiger partial charge in [-0.25, -0.2) is 9.97 Å². The fraction of sp³-hybridized carbons (Fsp3) is 0.312. The van der Waals surface area contributed by atoms with Gasteiger partial charge >= 0.3 is 0 Å². The van der Waals surface area contributed by atoms with Crippen LogP contribution in [0.3, 0.4) is 0 Å². The number of imidazole rings is 2. The number of hydrogen-bond donors (Lipinski definition) is 5. The van der Waals surface area contributed by atoms with Crippen LogP contribution in [0.2, 0.25) is 0 Å². The molecule has 0 unspecified atom stereocenters. The summed E-state index contributed by atoms with van der Waals surface area (Å²) in [6, 6.07) is 18.2. The molecule has 0 aliphatic rings. The molecule has 0 saturated heterocycles. The lowest BCUT2D eigenvalue weighted by molar-refractivity contribution is -0.131. The zero-order valence-corrected chi connectivity index (χ0v) is 39.4. The minimum absolute atomic E-state index is 0.104. The molecule has 0 fully saturated rings. The van der Waals surface area contributed by atoms with Crippen molar-refractivity contribution in [3.63, 3.8) is 0 Å². The number of aromatic nitrogens is 8. The van der Waals surface area contributed by atoms with Gasteiger partial charge in [0.15, 0.2) is 0 Å². The first-order valence-corrected chi connectivity index (χ1v) is 22.4. The van der Waals surface area contributed by atoms with Gasteiger partial charge in [-0.05, 0) is 82.5 Å². The number of methoxy groups -OCH3 is 1. The van der Waals surface area contributed by atoms with Crippen molar-refractivity contribution in [2.75, 3.05) is 37.9 Å². The Morgan fingerprint density at radius 1 is 0.739 bits per heavy atom. The van der Waals surface area contributed by atoms with Gasteiger partial charge in [0.25, 0.3) is 11.8 Å². The molecule has 0 bridgehead atoms. The van der Waals surface area contributed by atoms with E-state index in [-0.39, 0.29) is 54.4 Å². The number of carbonyl (C=O) groups is 5. The van der Waals surface area contributed by atoms with Crippen molar-refractivity contribution in [1.29, 1.82) is 0 Å². The van der Waals surface area contributed by atoms with Gasteiger partial charge in [0.05, 0.1) is 42.2 Å². The molecule has 0 radical (unpaired) electrons. The number of ether oxygens (including phenoxy) is 2. The van der Waals surface area contributed by atoms with Crippen molar-refractivity contribution in [1.82, 2.24) is 43.6 Å². The van der Waals surface area contributed by atoms with Gasteiger partial charge in [-0.1, -0.05) is 42.5 Å². The summed E-state index contributed by atoms with van der Waals surface area (Å²) in [7, 11) is 3.13. The molecule has 5 amide bonds. The summed E-state index contributed by atoms with van der Waals surface area (Å²) >= 11 is 0. The van der Waals surface area contributed by atoms with E-state index in [1.165, 1.54) is 31.4 Å². The van der Waals surface area contributed by atoms with E-state index in [9.17, 15) is 24.0 Å². The topological polar surface area (TPSA) is 280 Å². The second kappa shape index (κ2) is 21.1. The lowest BCUT2D eigenvalue weighted by Crippen LogP contribution is -2.43. The summed E-state index contributed by atoms with van der Waals surface area (Å²) in [6.07, 6.45) is 4.44. The number of nitrogens with one attached hydrogen (secondary N) is 2. The number of carbonyl (C=O) groups excluding carboxylic acids is 5. The molecule has 360 valence electrons. The van der Waals surface area contributed by atoms with Gasteiger partial charge < -0.3 is 40.7 Å². The highest BCUT2D eigenvalue weighted by Gasteiger charge is 2.24. The average molecular weight is 941 g/mol. The van der Waals surface area contributed by atoms with Gasteiger partial charge in [0, 0.05) is 50.9 Å². The number of likely N-dealkylation sites (N-methyl/N-ethyl adjacent to an activating group) is 1. The number of aryl methyl sites for hydroxylation is 4. The molecule has 21 nitrogen and oxygen atoms in total. The Morgan fingerprint density at radius 2 is 1.23 bits per heavy atom. The van der Waals surface area contributed by atoms with E-state index >= 15 is 0 Å². The number of hydrogen-bond acceptors (Lipinski definition) is 12. The summed E-state index contributed by atoms with van der Waals surface area (Å²) in [6.45, 7) is 8.92. The molecule has 21 heteroatoms. The van der Waals surface area contributed by atoms with E-state index in [0.717, 1.165) is 5.56 Å². The van der Waals surface area contributed by atoms with E-state index in [2.05, 4.69) is 20.8 Å². The van der Waals surface area contributed by atoms with Crippen LogP contribution < -0.4 is 37.3 Å². The van der Waals surface area contributed by atoms with Crippen molar-refractivity contribution in [3.8, 4) is 11.5 Å². The third-order valence-electron chi connectivity index (χ3n) is 11.4. The normalized spacial score (nSPS) is 11.9. The molecular formula is C48H56N14O7. The molecule has 4 aromatic heterocycles. The summed E-state index contributed by atoms with van der Waals surface area (Å²) in [5.41, 5.74) is 22.5. The number of rotatable bonds is 21. The number of allylic oxidation sites excluding steroid dienone is 2. The van der Waals surface area contributed by atoms with Crippen molar-refractivity contribution in [3.05, 3.63) is 118 Å². The molecule has 0 aliphatic heterocycles. The van der Waals surface area contributed by atoms with Crippen LogP contribution in [0.4, 0.5) is 11.9 Å². The number of benzene rings is 3. The Morgan fingerprint density at radius 3 is 1.71 bits per heavy atom. The molecule has 1 atom stereocenters. The quantitative estimate of drug-likeness (QED) is 0.0501. The highest BCUT2D eigenvalue weighted by atomic mass is 16.5. The van der Waals surface area contributed by atoms with Crippen LogP contribution in [0, 0.1) is 13.8 Å². The second-order valence-electron chi connectivity index (χ2n) is 16.3. The number of nitrogens with two attached hydrogens (primary N) is 3. The first kappa shape index (κ1) is 48.6. The van der Waals surface area contributed by atoms with Crippen molar-refractivity contribution < 1.29 is 33.4 Å². The molecule has 3 aromatic carbocycles. The Hall–Kier alpha value is -8.33. The summed E-state index contributed by atoms with van der Waals surface area (Å²) < 4.78 is 18.7. The predicted octanol–water partition coefficient (Wildman–Crippen LogP) is 4.20. The summed E-state index contributed by atoms with van der Waals surface area (Å²) in [4.78, 5) is 76.8. The van der Waals surface area contributed by atoms with Gasteiger partial charge in [-0.2, -0.15) is 10.2 Å². The highest BCUT2D eigenvalue weighted by Crippen LogP contribution is 2.33. The van der Waals surface area contributed by atoms with Crippen molar-refractivity contribution in [2.45, 2.75) is 72.8 Å². The van der Waals surface area contributed by atoms with Crippen molar-refractivity contribution in [2.24, 2.45) is 17.2 Å². The zero-order valence-electron chi connectivity index (χ0n) is 39.4. The lowest BCUT2D eigenvalue weighted by atomic mass is 10.1. The predicted molar refractivity (Wildman–Crippen MR) is 259 cm³/mol. The molecule has 0 aliphatic carbocycles. The van der Waals surface area contributed by atoms with E-state index in [1.807, 2.05) is 56.3 Å². The molecule has 0 spiro atoms. The van der Waals surface area contributed by atoms with E-state index in [1.54, 1.807) is 56.4 Å². The van der Waals surface area contributed by atoms with E-state index in [4.69, 9.17) is 36.6 Å². The maximum atomic E-state index is 13.9. The highest BCUT2D eigenvalue weighted by molar-refractivity contribution is 6.05. The molecule has 7 rings (SSSR count). The van der Waals surface area contributed by atoms with Crippen LogP contribution in [-0.4, -0.2) is 106 Å². The van der Waals surface area contributed by atoms with Crippen LogP contribution in [0.25, 0.3) is 22.1 Å². The minimum atomic E-state index is -0.726. The number of fused-ring (bicyclic) bond motifs is 2. The number of anilines is 2. The Kier molecular flexibility index (Phi) is 14.9. The molecular weight excluding hydrogens is 885 g/mol. The molecule has 0 saturated carbocycles. The maximum absolute atomic E-state index is 13.9. The van der Waals surface area contributed by atoms with Gasteiger partial charge in [-0.3, -0.25) is 44.0 Å². The standard InChI is InChI=1S/C48H56N14O7/c1-7-61-36(21-28(3)56-61)44(65)54-47-52-34-24-31(42(50)63)26-38(68-6)40(34)59(47)18-12-13-19-60-41-35(53-48(60)55-45(66)37-22-29(4)57-62(37)8-2)25-32(43(51)64)27-39(41)69-20-14-17-58(5)46(67)33(49)23-30-15-10-9-11-16-30/h9-13,15-16,21-22,24-27,33H,7-8,14,17-20,23,49H2,1-6H3,(H2,50,63)(H2,51,64)(H,52,54,65)(H,53,55,66)/b13-12+/t33-/m0/s1. The van der Waals surface area contributed by atoms with E-state index in [0.29, 0.717) is 83.1 Å². The summed E-state index contributed by atoms with van der Waals surface area (Å²) in [5, 5.41) is 14.7. The average Bonchev–Trinajstić information content (AvgIpc) is 4.10. The fourth-order valence-electron chi connectivity index (χ4n) is 8.02. The lowest BCUT2D eigenvalue weighted by Gasteiger charge is -2.21. The largest absolute Gasteiger partial charge is 0.494 e. The molecule has 8 N–H and O–H groups in total. The SMILES string of the molecule is CCn1nc(C)cc1C(=O)Nc1nc2cc(C(N)=O)cc(OC)c2n1C/C=C/Cn1c(NC(=O)c2cc(C)nn2CC)nc2cc(C(N)=O)cc(OCCCN(C)C(=O)[C@@H](N)Cc3ccccc3)c21. The van der Waals surface area contributed by atoms with Crippen LogP contribution in [0.15, 0.2) is 78.9 Å². The Labute approximate surface area is 397 Å². The van der Waals surface area contributed by atoms with Gasteiger partial charge in [0.1, 0.15) is 33.9 Å². The van der Waals surface area contributed by atoms with Crippen LogP contribution in [-0.2, 0) is 37.4 Å². The van der Waals surface area contributed by atoms with E-state index < -0.39 is 29.7 Å². The Bertz CT molecular complexity index is 3090. The van der Waals surface area contributed by atoms with Gasteiger partial charge in [0.2, 0.25) is 29.6 Å². The number of nitrogens with zero attached hydrogens (tertiary/aromatic N) is 9. The number of amides is 5. The first-order valence-electron chi connectivity index (χ1n) is 22.4. The van der Waals surface area contributed by atoms with Gasteiger partial charge in [-0.15, -0.1) is 0 Å². The smallest absolute Gasteiger partial charge is 0.276 e. The second-order valence-corrected chi connectivity index (χ2v) is 16.3. The fourth-order valence-corrected chi connectivity index (χ4v) is 8.02. The first-order chi connectivity index (χ1) is 33.1. The van der Waals surface area contributed by atoms with Crippen LogP contribution in [0.5, 0.6) is 11.5 Å². The Balaban J connectivity index is 1.21. The monoisotopic (exact) mass is 940 g/mol. The van der Waals surface area contributed by atoms with Crippen LogP contribution in [0.1, 0.15) is 78.9 Å². The maximum Gasteiger partial charge on any atom is 0.276 e. The third kappa shape index (κ3) is 10.8. The van der Waals surface area contributed by atoms with Crippen molar-refractivity contribution >= 4 is 63.5 Å². The molecule has 7 aromatic rings. The third-order valence-corrected chi connectivity index (χ3v) is 11.4. The molecule has 4 heterocycles. The zero-order chi connectivity index (χ0) is 49.5. The summed E-state index contributed by atoms with van der Waals surface area (Å²) in [5.74, 6) is -1.70. The van der Waals surface area contributed by atoms with Crippen LogP contribution >= 0.6 is 0 Å².